The molecule has 0 spiro atoms. The van der Waals surface area contributed by atoms with E-state index in [0.717, 1.165) is 25.4 Å². The summed E-state index contributed by atoms with van der Waals surface area (Å²) in [5.74, 6) is 1.26. The van der Waals surface area contributed by atoms with Crippen LogP contribution in [0.4, 0.5) is 0 Å². The lowest BCUT2D eigenvalue weighted by atomic mass is 10.3. The van der Waals surface area contributed by atoms with Gasteiger partial charge in [0, 0.05) is 11.9 Å². The predicted molar refractivity (Wildman–Crippen MR) is 88.1 cm³/mol. The number of carbonyl (C=O) groups excluding carboxylic acids is 1. The van der Waals surface area contributed by atoms with Crippen molar-refractivity contribution in [2.75, 3.05) is 20.1 Å². The lowest BCUT2D eigenvalue weighted by Gasteiger charge is -2.15. The summed E-state index contributed by atoms with van der Waals surface area (Å²) in [4.78, 5) is 17.8. The summed E-state index contributed by atoms with van der Waals surface area (Å²) in [7, 11) is 1.82. The molecule has 1 aliphatic heterocycles. The third kappa shape index (κ3) is 3.42. The van der Waals surface area contributed by atoms with E-state index in [2.05, 4.69) is 23.3 Å². The second-order valence-corrected chi connectivity index (χ2v) is 6.94. The molecule has 0 aromatic carbocycles. The molecule has 3 rings (SSSR count). The zero-order chi connectivity index (χ0) is 15.5. The molecule has 0 unspecified atom stereocenters. The molecule has 1 saturated heterocycles. The summed E-state index contributed by atoms with van der Waals surface area (Å²) in [5.41, 5.74) is 1.24. The SMILES string of the molecule is Cc1ccsc1CN(C)C(=O)c1ccc(CN2CCCC2)o1. The largest absolute Gasteiger partial charge is 0.455 e. The van der Waals surface area contributed by atoms with E-state index in [-0.39, 0.29) is 5.91 Å². The number of hydrogen-bond donors (Lipinski definition) is 0. The zero-order valence-electron chi connectivity index (χ0n) is 13.2. The number of furan rings is 1. The van der Waals surface area contributed by atoms with Crippen LogP contribution in [0.25, 0.3) is 0 Å². The molecule has 22 heavy (non-hydrogen) atoms. The van der Waals surface area contributed by atoms with Gasteiger partial charge in [-0.25, -0.2) is 0 Å². The van der Waals surface area contributed by atoms with Crippen LogP contribution >= 0.6 is 11.3 Å². The van der Waals surface area contributed by atoms with Crippen LogP contribution in [-0.2, 0) is 13.1 Å². The highest BCUT2D eigenvalue weighted by atomic mass is 32.1. The van der Waals surface area contributed by atoms with Gasteiger partial charge >= 0.3 is 0 Å². The first-order valence-electron chi connectivity index (χ1n) is 7.73. The summed E-state index contributed by atoms with van der Waals surface area (Å²) in [5, 5.41) is 2.06. The first-order chi connectivity index (χ1) is 10.6. The van der Waals surface area contributed by atoms with Crippen LogP contribution in [0.3, 0.4) is 0 Å². The van der Waals surface area contributed by atoms with Crippen LogP contribution in [0.1, 0.15) is 39.6 Å². The number of amides is 1. The monoisotopic (exact) mass is 318 g/mol. The average Bonchev–Trinajstić information content (AvgIpc) is 3.23. The van der Waals surface area contributed by atoms with E-state index in [4.69, 9.17) is 4.42 Å². The van der Waals surface area contributed by atoms with Gasteiger partial charge < -0.3 is 9.32 Å². The van der Waals surface area contributed by atoms with Gasteiger partial charge in [0.05, 0.1) is 13.1 Å². The molecule has 0 atom stereocenters. The lowest BCUT2D eigenvalue weighted by molar-refractivity contribution is 0.0751. The number of rotatable bonds is 5. The molecular formula is C17H22N2O2S. The van der Waals surface area contributed by atoms with Crippen molar-refractivity contribution in [1.29, 1.82) is 0 Å². The van der Waals surface area contributed by atoms with Crippen molar-refractivity contribution < 1.29 is 9.21 Å². The summed E-state index contributed by atoms with van der Waals surface area (Å²) < 4.78 is 5.75. The van der Waals surface area contributed by atoms with Crippen LogP contribution in [0.15, 0.2) is 28.0 Å². The third-order valence-electron chi connectivity index (χ3n) is 4.15. The minimum atomic E-state index is -0.0551. The van der Waals surface area contributed by atoms with Gasteiger partial charge in [0.1, 0.15) is 5.76 Å². The second kappa shape index (κ2) is 6.67. The fraction of sp³-hybridized carbons (Fsp3) is 0.471. The first-order valence-corrected chi connectivity index (χ1v) is 8.61. The van der Waals surface area contributed by atoms with Gasteiger partial charge in [-0.05, 0) is 62.0 Å². The van der Waals surface area contributed by atoms with Crippen LogP contribution in [-0.4, -0.2) is 35.8 Å². The Morgan fingerprint density at radius 1 is 1.32 bits per heavy atom. The van der Waals surface area contributed by atoms with Gasteiger partial charge in [0.2, 0.25) is 0 Å². The smallest absolute Gasteiger partial charge is 0.289 e. The maximum atomic E-state index is 12.5. The van der Waals surface area contributed by atoms with Gasteiger partial charge in [0.15, 0.2) is 5.76 Å². The van der Waals surface area contributed by atoms with Crippen molar-refractivity contribution in [2.45, 2.75) is 32.9 Å². The molecule has 0 saturated carbocycles. The molecule has 4 nitrogen and oxygen atoms in total. The molecule has 1 aliphatic rings. The maximum absolute atomic E-state index is 12.5. The van der Waals surface area contributed by atoms with Crippen molar-refractivity contribution in [1.82, 2.24) is 9.80 Å². The minimum Gasteiger partial charge on any atom is -0.455 e. The van der Waals surface area contributed by atoms with Crippen molar-refractivity contribution in [3.05, 3.63) is 45.5 Å². The lowest BCUT2D eigenvalue weighted by Crippen LogP contribution is -2.25. The number of aryl methyl sites for hydroxylation is 1. The Kier molecular flexibility index (Phi) is 4.64. The molecule has 0 bridgehead atoms. The Morgan fingerprint density at radius 2 is 2.09 bits per heavy atom. The highest BCUT2D eigenvalue weighted by Gasteiger charge is 2.19. The van der Waals surface area contributed by atoms with E-state index in [9.17, 15) is 4.79 Å². The molecule has 0 radical (unpaired) electrons. The summed E-state index contributed by atoms with van der Waals surface area (Å²) in [6, 6.07) is 5.81. The fourth-order valence-electron chi connectivity index (χ4n) is 2.78. The maximum Gasteiger partial charge on any atom is 0.289 e. The molecule has 1 amide bonds. The molecule has 1 fully saturated rings. The number of likely N-dealkylation sites (tertiary alicyclic amines) is 1. The molecule has 3 heterocycles. The molecule has 2 aromatic heterocycles. The highest BCUT2D eigenvalue weighted by molar-refractivity contribution is 7.10. The van der Waals surface area contributed by atoms with Gasteiger partial charge in [-0.3, -0.25) is 9.69 Å². The van der Waals surface area contributed by atoms with Crippen LogP contribution in [0.2, 0.25) is 0 Å². The van der Waals surface area contributed by atoms with Crippen LogP contribution in [0.5, 0.6) is 0 Å². The van der Waals surface area contributed by atoms with Crippen molar-refractivity contribution >= 4 is 17.2 Å². The number of thiophene rings is 1. The van der Waals surface area contributed by atoms with E-state index in [1.807, 2.05) is 13.1 Å². The molecule has 0 N–H and O–H groups in total. The van der Waals surface area contributed by atoms with E-state index in [1.165, 1.54) is 23.3 Å². The van der Waals surface area contributed by atoms with Crippen molar-refractivity contribution in [3.63, 3.8) is 0 Å². The Hall–Kier alpha value is -1.59. The number of nitrogens with zero attached hydrogens (tertiary/aromatic N) is 2. The quantitative estimate of drug-likeness (QED) is 0.846. The third-order valence-corrected chi connectivity index (χ3v) is 5.15. The first kappa shape index (κ1) is 15.3. The second-order valence-electron chi connectivity index (χ2n) is 5.94. The number of hydrogen-bond acceptors (Lipinski definition) is 4. The molecule has 118 valence electrons. The number of carbonyl (C=O) groups is 1. The van der Waals surface area contributed by atoms with Gasteiger partial charge in [-0.1, -0.05) is 0 Å². The van der Waals surface area contributed by atoms with Crippen LogP contribution < -0.4 is 0 Å². The van der Waals surface area contributed by atoms with E-state index >= 15 is 0 Å². The van der Waals surface area contributed by atoms with Gasteiger partial charge in [0.25, 0.3) is 5.91 Å². The fourth-order valence-corrected chi connectivity index (χ4v) is 3.74. The normalized spacial score (nSPS) is 15.4. The van der Waals surface area contributed by atoms with E-state index in [0.29, 0.717) is 12.3 Å². The Labute approximate surface area is 135 Å². The van der Waals surface area contributed by atoms with Gasteiger partial charge in [-0.15, -0.1) is 11.3 Å². The summed E-state index contributed by atoms with van der Waals surface area (Å²) in [6.07, 6.45) is 2.52. The Balaban J connectivity index is 1.61. The molecule has 0 aliphatic carbocycles. The summed E-state index contributed by atoms with van der Waals surface area (Å²) >= 11 is 1.69. The molecule has 2 aromatic rings. The molecular weight excluding hydrogens is 296 g/mol. The Morgan fingerprint density at radius 3 is 2.77 bits per heavy atom. The standard InChI is InChI=1S/C17H22N2O2S/c1-13-7-10-22-16(13)12-18(2)17(20)15-6-5-14(21-15)11-19-8-3-4-9-19/h5-7,10H,3-4,8-9,11-12H2,1-2H3. The Bertz CT molecular complexity index is 641. The van der Waals surface area contributed by atoms with Crippen LogP contribution in [0, 0.1) is 6.92 Å². The van der Waals surface area contributed by atoms with Crippen molar-refractivity contribution in [3.8, 4) is 0 Å². The van der Waals surface area contributed by atoms with Gasteiger partial charge in [-0.2, -0.15) is 0 Å². The summed E-state index contributed by atoms with van der Waals surface area (Å²) in [6.45, 7) is 5.76. The topological polar surface area (TPSA) is 36.7 Å². The average molecular weight is 318 g/mol. The zero-order valence-corrected chi connectivity index (χ0v) is 14.0. The van der Waals surface area contributed by atoms with Crippen molar-refractivity contribution in [2.24, 2.45) is 0 Å². The highest BCUT2D eigenvalue weighted by Crippen LogP contribution is 2.20. The van der Waals surface area contributed by atoms with E-state index < -0.39 is 0 Å². The predicted octanol–water partition coefficient (Wildman–Crippen LogP) is 3.52. The molecule has 5 heteroatoms. The van der Waals surface area contributed by atoms with E-state index in [1.54, 1.807) is 22.3 Å². The minimum absolute atomic E-state index is 0.0551.